The van der Waals surface area contributed by atoms with Gasteiger partial charge >= 0.3 is 0 Å². The molecule has 16 heavy (non-hydrogen) atoms. The predicted molar refractivity (Wildman–Crippen MR) is 65.4 cm³/mol. The summed E-state index contributed by atoms with van der Waals surface area (Å²) in [7, 11) is 0. The highest BCUT2D eigenvalue weighted by Gasteiger charge is 2.14. The molecule has 0 aromatic carbocycles. The SMILES string of the molecule is CCn1cccc1CNCCC1CCOC1. The van der Waals surface area contributed by atoms with Crippen LogP contribution in [0.5, 0.6) is 0 Å². The fraction of sp³-hybridized carbons (Fsp3) is 0.692. The Kier molecular flexibility index (Phi) is 4.43. The van der Waals surface area contributed by atoms with Gasteiger partial charge in [-0.3, -0.25) is 0 Å². The van der Waals surface area contributed by atoms with E-state index in [4.69, 9.17) is 4.74 Å². The van der Waals surface area contributed by atoms with Crippen LogP contribution in [0.3, 0.4) is 0 Å². The summed E-state index contributed by atoms with van der Waals surface area (Å²) in [6, 6.07) is 4.31. The third-order valence-corrected chi connectivity index (χ3v) is 3.32. The zero-order valence-electron chi connectivity index (χ0n) is 10.1. The molecule has 1 N–H and O–H groups in total. The molecular formula is C13H22N2O. The Hall–Kier alpha value is -0.800. The van der Waals surface area contributed by atoms with E-state index < -0.39 is 0 Å². The van der Waals surface area contributed by atoms with Crippen molar-refractivity contribution in [3.8, 4) is 0 Å². The molecule has 1 aromatic rings. The Morgan fingerprint density at radius 3 is 3.25 bits per heavy atom. The third kappa shape index (κ3) is 3.09. The number of aryl methyl sites for hydroxylation is 1. The topological polar surface area (TPSA) is 26.2 Å². The highest BCUT2D eigenvalue weighted by Crippen LogP contribution is 2.15. The predicted octanol–water partition coefficient (Wildman–Crippen LogP) is 2.02. The number of ether oxygens (including phenoxy) is 1. The molecule has 0 amide bonds. The van der Waals surface area contributed by atoms with Crippen LogP contribution < -0.4 is 5.32 Å². The van der Waals surface area contributed by atoms with Gasteiger partial charge in [0.25, 0.3) is 0 Å². The summed E-state index contributed by atoms with van der Waals surface area (Å²) in [5, 5.41) is 3.51. The van der Waals surface area contributed by atoms with Crippen molar-refractivity contribution in [1.29, 1.82) is 0 Å². The molecule has 1 aliphatic heterocycles. The molecule has 3 nitrogen and oxygen atoms in total. The summed E-state index contributed by atoms with van der Waals surface area (Å²) < 4.78 is 7.65. The lowest BCUT2D eigenvalue weighted by molar-refractivity contribution is 0.184. The molecule has 0 radical (unpaired) electrons. The monoisotopic (exact) mass is 222 g/mol. The van der Waals surface area contributed by atoms with Gasteiger partial charge < -0.3 is 14.6 Å². The van der Waals surface area contributed by atoms with E-state index in [-0.39, 0.29) is 0 Å². The van der Waals surface area contributed by atoms with Crippen LogP contribution in [-0.4, -0.2) is 24.3 Å². The van der Waals surface area contributed by atoms with Gasteiger partial charge in [0.2, 0.25) is 0 Å². The van der Waals surface area contributed by atoms with Gasteiger partial charge in [0, 0.05) is 38.2 Å². The van der Waals surface area contributed by atoms with Crippen LogP contribution in [0.2, 0.25) is 0 Å². The highest BCUT2D eigenvalue weighted by atomic mass is 16.5. The minimum atomic E-state index is 0.783. The van der Waals surface area contributed by atoms with Crippen LogP contribution in [0.1, 0.15) is 25.5 Å². The zero-order valence-corrected chi connectivity index (χ0v) is 10.1. The molecular weight excluding hydrogens is 200 g/mol. The maximum atomic E-state index is 5.36. The van der Waals surface area contributed by atoms with Crippen LogP contribution >= 0.6 is 0 Å². The van der Waals surface area contributed by atoms with Crippen LogP contribution in [0.4, 0.5) is 0 Å². The van der Waals surface area contributed by atoms with Crippen molar-refractivity contribution >= 4 is 0 Å². The van der Waals surface area contributed by atoms with Gasteiger partial charge in [0.1, 0.15) is 0 Å². The molecule has 1 atom stereocenters. The second-order valence-corrected chi connectivity index (χ2v) is 4.48. The average molecular weight is 222 g/mol. The van der Waals surface area contributed by atoms with E-state index in [1.165, 1.54) is 18.5 Å². The molecule has 0 bridgehead atoms. The first-order valence-electron chi connectivity index (χ1n) is 6.32. The summed E-state index contributed by atoms with van der Waals surface area (Å²) in [5.41, 5.74) is 1.38. The first-order chi connectivity index (χ1) is 7.90. The number of hydrogen-bond donors (Lipinski definition) is 1. The lowest BCUT2D eigenvalue weighted by Crippen LogP contribution is -2.19. The number of nitrogens with zero attached hydrogens (tertiary/aromatic N) is 1. The number of nitrogens with one attached hydrogen (secondary N) is 1. The van der Waals surface area contributed by atoms with E-state index in [9.17, 15) is 0 Å². The maximum Gasteiger partial charge on any atom is 0.0495 e. The van der Waals surface area contributed by atoms with E-state index in [0.29, 0.717) is 0 Å². The average Bonchev–Trinajstić information content (AvgIpc) is 2.95. The van der Waals surface area contributed by atoms with Crippen LogP contribution in [-0.2, 0) is 17.8 Å². The number of aromatic nitrogens is 1. The van der Waals surface area contributed by atoms with Gasteiger partial charge in [0.15, 0.2) is 0 Å². The maximum absolute atomic E-state index is 5.36. The minimum Gasteiger partial charge on any atom is -0.381 e. The van der Waals surface area contributed by atoms with Gasteiger partial charge in [-0.2, -0.15) is 0 Å². The quantitative estimate of drug-likeness (QED) is 0.745. The molecule has 2 heterocycles. The fourth-order valence-electron chi connectivity index (χ4n) is 2.25. The lowest BCUT2D eigenvalue weighted by atomic mass is 10.1. The molecule has 3 heteroatoms. The second kappa shape index (κ2) is 6.06. The Morgan fingerprint density at radius 2 is 2.50 bits per heavy atom. The van der Waals surface area contributed by atoms with Crippen molar-refractivity contribution < 1.29 is 4.74 Å². The van der Waals surface area contributed by atoms with Gasteiger partial charge in [-0.05, 0) is 44.4 Å². The molecule has 1 saturated heterocycles. The van der Waals surface area contributed by atoms with Crippen molar-refractivity contribution in [3.63, 3.8) is 0 Å². The molecule has 1 aromatic heterocycles. The first kappa shape index (κ1) is 11.7. The van der Waals surface area contributed by atoms with Gasteiger partial charge in [0.05, 0.1) is 0 Å². The van der Waals surface area contributed by atoms with Crippen molar-refractivity contribution in [3.05, 3.63) is 24.0 Å². The standard InChI is InChI=1S/C13H22N2O/c1-2-15-8-3-4-13(15)10-14-7-5-12-6-9-16-11-12/h3-4,8,12,14H,2,5-7,9-11H2,1H3. The van der Waals surface area contributed by atoms with E-state index in [1.807, 2.05) is 0 Å². The molecule has 0 saturated carbocycles. The summed E-state index contributed by atoms with van der Waals surface area (Å²) in [5.74, 6) is 0.783. The van der Waals surface area contributed by atoms with Crippen molar-refractivity contribution in [1.82, 2.24) is 9.88 Å². The highest BCUT2D eigenvalue weighted by molar-refractivity contribution is 5.06. The van der Waals surface area contributed by atoms with E-state index >= 15 is 0 Å². The summed E-state index contributed by atoms with van der Waals surface area (Å²) in [6.45, 7) is 7.24. The molecule has 1 aliphatic rings. The molecule has 90 valence electrons. The van der Waals surface area contributed by atoms with Crippen molar-refractivity contribution in [2.24, 2.45) is 5.92 Å². The van der Waals surface area contributed by atoms with E-state index in [1.54, 1.807) is 0 Å². The lowest BCUT2D eigenvalue weighted by Gasteiger charge is -2.10. The Balaban J connectivity index is 1.64. The third-order valence-electron chi connectivity index (χ3n) is 3.32. The van der Waals surface area contributed by atoms with Crippen LogP contribution in [0.25, 0.3) is 0 Å². The summed E-state index contributed by atoms with van der Waals surface area (Å²) >= 11 is 0. The van der Waals surface area contributed by atoms with Crippen LogP contribution in [0, 0.1) is 5.92 Å². The van der Waals surface area contributed by atoms with Gasteiger partial charge in [-0.15, -0.1) is 0 Å². The van der Waals surface area contributed by atoms with E-state index in [2.05, 4.69) is 35.1 Å². The number of hydrogen-bond acceptors (Lipinski definition) is 2. The smallest absolute Gasteiger partial charge is 0.0495 e. The van der Waals surface area contributed by atoms with Gasteiger partial charge in [-0.1, -0.05) is 0 Å². The summed E-state index contributed by atoms with van der Waals surface area (Å²) in [6.07, 6.45) is 4.63. The largest absolute Gasteiger partial charge is 0.381 e. The Labute approximate surface area is 97.8 Å². The van der Waals surface area contributed by atoms with Gasteiger partial charge in [-0.25, -0.2) is 0 Å². The number of rotatable bonds is 6. The molecule has 1 fully saturated rings. The van der Waals surface area contributed by atoms with Crippen LogP contribution in [0.15, 0.2) is 18.3 Å². The normalized spacial score (nSPS) is 20.4. The molecule has 0 spiro atoms. The molecule has 0 aliphatic carbocycles. The minimum absolute atomic E-state index is 0.783. The van der Waals surface area contributed by atoms with Crippen molar-refractivity contribution in [2.45, 2.75) is 32.9 Å². The first-order valence-corrected chi connectivity index (χ1v) is 6.32. The fourth-order valence-corrected chi connectivity index (χ4v) is 2.25. The Morgan fingerprint density at radius 1 is 1.56 bits per heavy atom. The Bertz CT molecular complexity index is 303. The summed E-state index contributed by atoms with van der Waals surface area (Å²) in [4.78, 5) is 0. The molecule has 2 rings (SSSR count). The van der Waals surface area contributed by atoms with Crippen molar-refractivity contribution in [2.75, 3.05) is 19.8 Å². The molecule has 1 unspecified atom stereocenters. The van der Waals surface area contributed by atoms with E-state index in [0.717, 1.165) is 38.8 Å². The zero-order chi connectivity index (χ0) is 11.2. The second-order valence-electron chi connectivity index (χ2n) is 4.48.